The van der Waals surface area contributed by atoms with E-state index in [1.807, 2.05) is 6.20 Å². The molecular weight excluding hydrogens is 224 g/mol. The van der Waals surface area contributed by atoms with Gasteiger partial charge in [0.2, 0.25) is 5.89 Å². The molecule has 4 fully saturated rings. The first-order valence-corrected chi connectivity index (χ1v) is 7.15. The van der Waals surface area contributed by atoms with Gasteiger partial charge in [0.05, 0.1) is 12.3 Å². The molecule has 3 nitrogen and oxygen atoms in total. The van der Waals surface area contributed by atoms with Crippen LogP contribution in [0.25, 0.3) is 0 Å². The van der Waals surface area contributed by atoms with Crippen molar-refractivity contribution in [1.29, 1.82) is 5.26 Å². The summed E-state index contributed by atoms with van der Waals surface area (Å²) in [5.41, 5.74) is 0. The largest absolute Gasteiger partial charge is 0.444 e. The van der Waals surface area contributed by atoms with Crippen molar-refractivity contribution in [1.82, 2.24) is 4.98 Å². The van der Waals surface area contributed by atoms with Crippen LogP contribution < -0.4 is 0 Å². The van der Waals surface area contributed by atoms with Crippen LogP contribution in [0.3, 0.4) is 0 Å². The zero-order valence-corrected chi connectivity index (χ0v) is 10.5. The summed E-state index contributed by atoms with van der Waals surface area (Å²) in [6.07, 6.45) is 9.25. The van der Waals surface area contributed by atoms with Crippen molar-refractivity contribution in [3.8, 4) is 6.07 Å². The van der Waals surface area contributed by atoms with Crippen molar-refractivity contribution in [2.24, 2.45) is 23.7 Å². The first-order valence-electron chi connectivity index (χ1n) is 7.15. The molecule has 3 heteroatoms. The van der Waals surface area contributed by atoms with Gasteiger partial charge in [0.15, 0.2) is 0 Å². The molecule has 1 aromatic heterocycles. The van der Waals surface area contributed by atoms with Gasteiger partial charge in [0.25, 0.3) is 0 Å². The lowest BCUT2D eigenvalue weighted by Crippen LogP contribution is -2.43. The summed E-state index contributed by atoms with van der Waals surface area (Å²) in [6.45, 7) is 0. The average molecular weight is 242 g/mol. The smallest absolute Gasteiger partial charge is 0.208 e. The molecule has 0 atom stereocenters. The van der Waals surface area contributed by atoms with Crippen LogP contribution in [0.2, 0.25) is 0 Å². The van der Waals surface area contributed by atoms with Crippen LogP contribution in [-0.4, -0.2) is 4.98 Å². The van der Waals surface area contributed by atoms with Gasteiger partial charge in [0, 0.05) is 5.92 Å². The van der Waals surface area contributed by atoms with E-state index < -0.39 is 0 Å². The fourth-order valence-electron chi connectivity index (χ4n) is 5.02. The van der Waals surface area contributed by atoms with Crippen molar-refractivity contribution in [2.75, 3.05) is 0 Å². The van der Waals surface area contributed by atoms with Crippen LogP contribution in [0.1, 0.15) is 49.7 Å². The van der Waals surface area contributed by atoms with Crippen LogP contribution >= 0.6 is 0 Å². The summed E-state index contributed by atoms with van der Waals surface area (Å²) in [6, 6.07) is 2.11. The summed E-state index contributed by atoms with van der Waals surface area (Å²) in [7, 11) is 0. The van der Waals surface area contributed by atoms with Crippen molar-refractivity contribution < 1.29 is 4.42 Å². The molecule has 4 aliphatic rings. The lowest BCUT2D eigenvalue weighted by atomic mass is 9.51. The van der Waals surface area contributed by atoms with E-state index >= 15 is 0 Å². The Kier molecular flexibility index (Phi) is 2.27. The quantitative estimate of drug-likeness (QED) is 0.799. The van der Waals surface area contributed by atoms with E-state index in [1.165, 1.54) is 32.1 Å². The van der Waals surface area contributed by atoms with Crippen LogP contribution in [-0.2, 0) is 6.42 Å². The fraction of sp³-hybridized carbons (Fsp3) is 0.733. The Morgan fingerprint density at radius 2 is 1.83 bits per heavy atom. The maximum Gasteiger partial charge on any atom is 0.208 e. The van der Waals surface area contributed by atoms with E-state index in [9.17, 15) is 0 Å². The fourth-order valence-corrected chi connectivity index (χ4v) is 5.02. The van der Waals surface area contributed by atoms with Crippen LogP contribution in [0.5, 0.6) is 0 Å². The molecule has 0 radical (unpaired) electrons. The summed E-state index contributed by atoms with van der Waals surface area (Å²) >= 11 is 0. The highest BCUT2D eigenvalue weighted by Gasteiger charge is 2.49. The highest BCUT2D eigenvalue weighted by Crippen LogP contribution is 2.59. The van der Waals surface area contributed by atoms with Gasteiger partial charge < -0.3 is 4.42 Å². The third kappa shape index (κ3) is 1.51. The number of rotatable bonds is 2. The first kappa shape index (κ1) is 10.6. The van der Waals surface area contributed by atoms with E-state index in [4.69, 9.17) is 9.68 Å². The Morgan fingerprint density at radius 1 is 1.17 bits per heavy atom. The third-order valence-electron chi connectivity index (χ3n) is 5.36. The second-order valence-electron chi connectivity index (χ2n) is 6.45. The van der Waals surface area contributed by atoms with Crippen LogP contribution in [0.15, 0.2) is 10.6 Å². The standard InChI is InChI=1S/C15H18N2O/c16-2-1-14-17-8-13(18-14)15-11-4-9-3-10(6-11)7-12(15)5-9/h8-12,15H,1,3-7H2. The Balaban J connectivity index is 1.62. The summed E-state index contributed by atoms with van der Waals surface area (Å²) < 4.78 is 5.82. The number of nitriles is 1. The SMILES string of the molecule is N#CCc1ncc(C2C3CC4CC(C3)CC2C4)o1. The molecule has 1 aromatic rings. The molecule has 4 bridgehead atoms. The minimum absolute atomic E-state index is 0.299. The zero-order valence-electron chi connectivity index (χ0n) is 10.5. The second kappa shape index (κ2) is 3.85. The maximum absolute atomic E-state index is 8.69. The average Bonchev–Trinajstić information content (AvgIpc) is 2.76. The Bertz CT molecular complexity index is 471. The predicted octanol–water partition coefficient (Wildman–Crippen LogP) is 3.28. The topological polar surface area (TPSA) is 49.8 Å². The van der Waals surface area contributed by atoms with Crippen molar-refractivity contribution in [3.63, 3.8) is 0 Å². The van der Waals surface area contributed by atoms with Gasteiger partial charge in [-0.25, -0.2) is 4.98 Å². The number of oxazole rings is 1. The van der Waals surface area contributed by atoms with Gasteiger partial charge in [-0.2, -0.15) is 5.26 Å². The molecule has 94 valence electrons. The van der Waals surface area contributed by atoms with Gasteiger partial charge in [-0.3, -0.25) is 0 Å². The molecule has 0 amide bonds. The molecule has 5 rings (SSSR count). The Morgan fingerprint density at radius 3 is 2.44 bits per heavy atom. The van der Waals surface area contributed by atoms with Gasteiger partial charge >= 0.3 is 0 Å². The van der Waals surface area contributed by atoms with Crippen LogP contribution in [0.4, 0.5) is 0 Å². The van der Waals surface area contributed by atoms with E-state index in [2.05, 4.69) is 11.1 Å². The number of hydrogen-bond acceptors (Lipinski definition) is 3. The molecule has 4 aliphatic carbocycles. The number of hydrogen-bond donors (Lipinski definition) is 0. The molecule has 1 heterocycles. The van der Waals surface area contributed by atoms with Crippen molar-refractivity contribution >= 4 is 0 Å². The lowest BCUT2D eigenvalue weighted by Gasteiger charge is -2.53. The van der Waals surface area contributed by atoms with Gasteiger partial charge in [-0.15, -0.1) is 0 Å². The lowest BCUT2D eigenvalue weighted by molar-refractivity contribution is -0.00987. The van der Waals surface area contributed by atoms with Gasteiger partial charge in [-0.05, 0) is 55.8 Å². The Hall–Kier alpha value is -1.30. The van der Waals surface area contributed by atoms with E-state index in [0.29, 0.717) is 18.2 Å². The number of nitrogens with zero attached hydrogens (tertiary/aromatic N) is 2. The monoisotopic (exact) mass is 242 g/mol. The minimum atomic E-state index is 0.299. The van der Waals surface area contributed by atoms with Crippen molar-refractivity contribution in [3.05, 3.63) is 17.8 Å². The molecule has 0 unspecified atom stereocenters. The Labute approximate surface area is 107 Å². The van der Waals surface area contributed by atoms with E-state index in [0.717, 1.165) is 29.4 Å². The molecule has 0 aromatic carbocycles. The van der Waals surface area contributed by atoms with Gasteiger partial charge in [-0.1, -0.05) is 0 Å². The molecule has 0 N–H and O–H groups in total. The normalized spacial score (nSPS) is 40.9. The van der Waals surface area contributed by atoms with E-state index in [1.54, 1.807) is 0 Å². The zero-order chi connectivity index (χ0) is 12.1. The highest BCUT2D eigenvalue weighted by atomic mass is 16.4. The summed E-state index contributed by atoms with van der Waals surface area (Å²) in [5.74, 6) is 5.89. The molecule has 0 saturated heterocycles. The minimum Gasteiger partial charge on any atom is -0.444 e. The molecule has 4 saturated carbocycles. The maximum atomic E-state index is 8.69. The molecule has 0 aliphatic heterocycles. The summed E-state index contributed by atoms with van der Waals surface area (Å²) in [4.78, 5) is 4.25. The van der Waals surface area contributed by atoms with Gasteiger partial charge in [0.1, 0.15) is 12.2 Å². The molecule has 0 spiro atoms. The molecular formula is C15H18N2O. The van der Waals surface area contributed by atoms with Crippen molar-refractivity contribution in [2.45, 2.75) is 44.4 Å². The van der Waals surface area contributed by atoms with E-state index in [-0.39, 0.29) is 0 Å². The highest BCUT2D eigenvalue weighted by molar-refractivity contribution is 5.13. The first-order chi connectivity index (χ1) is 8.83. The second-order valence-corrected chi connectivity index (χ2v) is 6.45. The predicted molar refractivity (Wildman–Crippen MR) is 65.6 cm³/mol. The van der Waals surface area contributed by atoms with Crippen LogP contribution in [0, 0.1) is 35.0 Å². The third-order valence-corrected chi connectivity index (χ3v) is 5.36. The molecule has 18 heavy (non-hydrogen) atoms. The summed E-state index contributed by atoms with van der Waals surface area (Å²) in [5, 5.41) is 8.69. The number of aromatic nitrogens is 1.